The van der Waals surface area contributed by atoms with Crippen molar-refractivity contribution in [3.8, 4) is 11.1 Å². The number of benzene rings is 6. The third kappa shape index (κ3) is 6.11. The fourth-order valence-electron chi connectivity index (χ4n) is 4.50. The molecule has 6 aromatic carbocycles. The fourth-order valence-corrected chi connectivity index (χ4v) is 4.50. The molecule has 0 aliphatic heterocycles. The molecule has 0 fully saturated rings. The minimum atomic E-state index is 1.10. The Morgan fingerprint density at radius 2 is 1.08 bits per heavy atom. The molecule has 0 spiro atoms. The number of anilines is 4. The molecule has 0 heterocycles. The maximum atomic E-state index is 3.53. The van der Waals surface area contributed by atoms with Crippen molar-refractivity contribution in [1.29, 1.82) is 0 Å². The van der Waals surface area contributed by atoms with Gasteiger partial charge in [0.15, 0.2) is 0 Å². The summed E-state index contributed by atoms with van der Waals surface area (Å²) in [5.74, 6) is 0. The molecule has 0 aliphatic rings. The Morgan fingerprint density at radius 3 is 1.82 bits per heavy atom. The van der Waals surface area contributed by atoms with Gasteiger partial charge in [-0.3, -0.25) is 0 Å². The summed E-state index contributed by atoms with van der Waals surface area (Å²) in [5, 5.41) is 6.01. The van der Waals surface area contributed by atoms with Crippen molar-refractivity contribution >= 4 is 33.5 Å². The minimum Gasteiger partial charge on any atom is -0.355 e. The zero-order valence-electron chi connectivity index (χ0n) is 21.9. The third-order valence-corrected chi connectivity index (χ3v) is 6.59. The summed E-state index contributed by atoms with van der Waals surface area (Å²) in [6, 6.07) is 52.7. The predicted molar refractivity (Wildman–Crippen MR) is 165 cm³/mol. The molecular formula is C36H32N2. The van der Waals surface area contributed by atoms with Crippen LogP contribution in [0.2, 0.25) is 0 Å². The van der Waals surface area contributed by atoms with E-state index >= 15 is 0 Å². The number of hydrogen-bond acceptors (Lipinski definition) is 2. The first-order chi connectivity index (χ1) is 18.7. The largest absolute Gasteiger partial charge is 0.355 e. The number of fused-ring (bicyclic) bond motifs is 1. The average molecular weight is 493 g/mol. The van der Waals surface area contributed by atoms with E-state index in [2.05, 4.69) is 164 Å². The van der Waals surface area contributed by atoms with Crippen molar-refractivity contribution < 1.29 is 0 Å². The molecule has 38 heavy (non-hydrogen) atoms. The lowest BCUT2D eigenvalue weighted by Gasteiger charge is -2.19. The molecule has 0 radical (unpaired) electrons. The number of nitrogens with one attached hydrogen (secondary N) is 1. The van der Waals surface area contributed by atoms with Gasteiger partial charge < -0.3 is 10.2 Å². The summed E-state index contributed by atoms with van der Waals surface area (Å²) >= 11 is 0. The molecule has 0 amide bonds. The van der Waals surface area contributed by atoms with Crippen LogP contribution in [0, 0.1) is 6.92 Å². The van der Waals surface area contributed by atoms with E-state index in [-0.39, 0.29) is 0 Å². The monoisotopic (exact) mass is 492 g/mol. The summed E-state index contributed by atoms with van der Waals surface area (Å²) in [6.45, 7) is 2.11. The Bertz CT molecular complexity index is 1580. The Morgan fingerprint density at radius 1 is 0.500 bits per heavy atom. The number of hydrogen-bond donors (Lipinski definition) is 1. The van der Waals surface area contributed by atoms with Gasteiger partial charge in [-0.15, -0.1) is 0 Å². The number of para-hydroxylation sites is 1. The zero-order valence-corrected chi connectivity index (χ0v) is 21.9. The Labute approximate surface area is 225 Å². The van der Waals surface area contributed by atoms with Crippen LogP contribution in [0.4, 0.5) is 22.7 Å². The maximum absolute atomic E-state index is 3.53. The van der Waals surface area contributed by atoms with Crippen molar-refractivity contribution in [3.05, 3.63) is 157 Å². The second kappa shape index (κ2) is 11.9. The maximum Gasteiger partial charge on any atom is 0.0463 e. The number of rotatable bonds is 5. The highest BCUT2D eigenvalue weighted by molar-refractivity contribution is 5.95. The highest BCUT2D eigenvalue weighted by atomic mass is 15.1. The fraction of sp³-hybridized carbons (Fsp3) is 0.0556. The van der Waals surface area contributed by atoms with Gasteiger partial charge in [-0.1, -0.05) is 109 Å². The van der Waals surface area contributed by atoms with Crippen LogP contribution >= 0.6 is 0 Å². The molecule has 0 saturated carbocycles. The lowest BCUT2D eigenvalue weighted by atomic mass is 10.1. The van der Waals surface area contributed by atoms with Gasteiger partial charge in [0.2, 0.25) is 0 Å². The second-order valence-corrected chi connectivity index (χ2v) is 9.33. The van der Waals surface area contributed by atoms with E-state index in [1.54, 1.807) is 0 Å². The normalized spacial score (nSPS) is 10.4. The van der Waals surface area contributed by atoms with Gasteiger partial charge in [-0.25, -0.2) is 0 Å². The van der Waals surface area contributed by atoms with Crippen molar-refractivity contribution in [2.75, 3.05) is 17.3 Å². The molecule has 2 heteroatoms. The topological polar surface area (TPSA) is 15.3 Å². The molecule has 0 saturated heterocycles. The molecule has 0 aromatic heterocycles. The molecular weight excluding hydrogens is 460 g/mol. The molecule has 0 bridgehead atoms. The van der Waals surface area contributed by atoms with Gasteiger partial charge in [0.25, 0.3) is 0 Å². The Balaban J connectivity index is 0.000000170. The van der Waals surface area contributed by atoms with E-state index in [0.717, 1.165) is 11.4 Å². The molecule has 6 rings (SSSR count). The molecule has 2 nitrogen and oxygen atoms in total. The zero-order chi connectivity index (χ0) is 26.2. The van der Waals surface area contributed by atoms with Gasteiger partial charge in [0, 0.05) is 35.2 Å². The first kappa shape index (κ1) is 24.9. The van der Waals surface area contributed by atoms with E-state index < -0.39 is 0 Å². The summed E-state index contributed by atoms with van der Waals surface area (Å²) in [7, 11) is 2.09. The van der Waals surface area contributed by atoms with Gasteiger partial charge in [0.1, 0.15) is 0 Å². The van der Waals surface area contributed by atoms with E-state index in [1.807, 2.05) is 12.1 Å². The Kier molecular flexibility index (Phi) is 7.81. The molecule has 0 atom stereocenters. The van der Waals surface area contributed by atoms with Crippen LogP contribution in [0.25, 0.3) is 21.9 Å². The van der Waals surface area contributed by atoms with Crippen LogP contribution in [0.15, 0.2) is 152 Å². The standard InChI is InChI=1S/C22H17N.C14H15N/c1-2-7-17(8-3-1)18-13-15-20(16-14-18)23-22-12-6-10-19-9-4-5-11-21(19)22;1-12-7-6-10-14(11-12)15(2)13-8-4-3-5-9-13/h1-16,23H;3-11H,1-2H3. The smallest absolute Gasteiger partial charge is 0.0463 e. The third-order valence-electron chi connectivity index (χ3n) is 6.59. The molecule has 0 aliphatic carbocycles. The number of aryl methyl sites for hydroxylation is 1. The van der Waals surface area contributed by atoms with Crippen LogP contribution in [0.3, 0.4) is 0 Å². The summed E-state index contributed by atoms with van der Waals surface area (Å²) < 4.78 is 0. The summed E-state index contributed by atoms with van der Waals surface area (Å²) in [4.78, 5) is 2.19. The van der Waals surface area contributed by atoms with Crippen LogP contribution < -0.4 is 10.2 Å². The second-order valence-electron chi connectivity index (χ2n) is 9.33. The molecule has 0 unspecified atom stereocenters. The quantitative estimate of drug-likeness (QED) is 0.257. The summed E-state index contributed by atoms with van der Waals surface area (Å²) in [5.41, 5.74) is 8.43. The van der Waals surface area contributed by atoms with E-state index in [1.165, 1.54) is 38.8 Å². The van der Waals surface area contributed by atoms with Gasteiger partial charge >= 0.3 is 0 Å². The van der Waals surface area contributed by atoms with Crippen LogP contribution in [0.1, 0.15) is 5.56 Å². The Hall–Kier alpha value is -4.82. The number of nitrogens with zero attached hydrogens (tertiary/aromatic N) is 1. The summed E-state index contributed by atoms with van der Waals surface area (Å²) in [6.07, 6.45) is 0. The molecule has 1 N–H and O–H groups in total. The van der Waals surface area contributed by atoms with E-state index in [4.69, 9.17) is 0 Å². The van der Waals surface area contributed by atoms with E-state index in [9.17, 15) is 0 Å². The van der Waals surface area contributed by atoms with Crippen molar-refractivity contribution in [1.82, 2.24) is 0 Å². The predicted octanol–water partition coefficient (Wildman–Crippen LogP) is 10.0. The van der Waals surface area contributed by atoms with Crippen LogP contribution in [-0.2, 0) is 0 Å². The first-order valence-electron chi connectivity index (χ1n) is 12.9. The first-order valence-corrected chi connectivity index (χ1v) is 12.9. The molecule has 186 valence electrons. The lowest BCUT2D eigenvalue weighted by Crippen LogP contribution is -2.08. The molecule has 6 aromatic rings. The van der Waals surface area contributed by atoms with Crippen LogP contribution in [0.5, 0.6) is 0 Å². The minimum absolute atomic E-state index is 1.10. The van der Waals surface area contributed by atoms with E-state index in [0.29, 0.717) is 0 Å². The highest BCUT2D eigenvalue weighted by Gasteiger charge is 2.03. The van der Waals surface area contributed by atoms with Crippen LogP contribution in [-0.4, -0.2) is 7.05 Å². The van der Waals surface area contributed by atoms with Gasteiger partial charge in [-0.2, -0.15) is 0 Å². The SMILES string of the molecule is Cc1cccc(N(C)c2ccccc2)c1.c1ccc(-c2ccc(Nc3cccc4ccccc34)cc2)cc1. The van der Waals surface area contributed by atoms with Crippen molar-refractivity contribution in [3.63, 3.8) is 0 Å². The highest BCUT2D eigenvalue weighted by Crippen LogP contribution is 2.28. The van der Waals surface area contributed by atoms with Crippen molar-refractivity contribution in [2.45, 2.75) is 6.92 Å². The van der Waals surface area contributed by atoms with Crippen molar-refractivity contribution in [2.24, 2.45) is 0 Å². The average Bonchev–Trinajstić information content (AvgIpc) is 2.99. The lowest BCUT2D eigenvalue weighted by molar-refractivity contribution is 1.20. The van der Waals surface area contributed by atoms with Gasteiger partial charge in [0.05, 0.1) is 0 Å². The van der Waals surface area contributed by atoms with Gasteiger partial charge in [-0.05, 0) is 71.5 Å².